The highest BCUT2D eigenvalue weighted by Crippen LogP contribution is 2.16. The van der Waals surface area contributed by atoms with Crippen molar-refractivity contribution >= 4 is 22.4 Å². The minimum Gasteiger partial charge on any atom is -0.319 e. The first-order valence-corrected chi connectivity index (χ1v) is 4.91. The molecule has 72 valence electrons. The molecule has 0 aliphatic heterocycles. The number of thiazole rings is 1. The first-order valence-electron chi connectivity index (χ1n) is 4.09. The van der Waals surface area contributed by atoms with E-state index in [2.05, 4.69) is 15.6 Å². The summed E-state index contributed by atoms with van der Waals surface area (Å²) in [6.45, 7) is 2.65. The van der Waals surface area contributed by atoms with E-state index in [-0.39, 0.29) is 5.91 Å². The quantitative estimate of drug-likeness (QED) is 0.760. The van der Waals surface area contributed by atoms with E-state index in [4.69, 9.17) is 0 Å². The first-order chi connectivity index (χ1) is 6.22. The number of aromatic nitrogens is 1. The van der Waals surface area contributed by atoms with E-state index in [0.717, 1.165) is 4.88 Å². The van der Waals surface area contributed by atoms with E-state index < -0.39 is 0 Å². The van der Waals surface area contributed by atoms with Crippen LogP contribution in [0.3, 0.4) is 0 Å². The van der Waals surface area contributed by atoms with Crippen LogP contribution in [0.5, 0.6) is 0 Å². The molecule has 1 heterocycles. The number of nitrogens with one attached hydrogen (secondary N) is 2. The van der Waals surface area contributed by atoms with Crippen molar-refractivity contribution in [3.05, 3.63) is 11.1 Å². The van der Waals surface area contributed by atoms with E-state index in [1.807, 2.05) is 14.0 Å². The third kappa shape index (κ3) is 3.52. The Labute approximate surface area is 81.4 Å². The standard InChI is InChI=1S/C8H13N3OS/c1-6-5-10-8(13-6)11-7(12)3-4-9-2/h5,9H,3-4H2,1-2H3,(H,10,11,12). The minimum absolute atomic E-state index is 0.00343. The lowest BCUT2D eigenvalue weighted by atomic mass is 10.4. The summed E-state index contributed by atoms with van der Waals surface area (Å²) < 4.78 is 0. The van der Waals surface area contributed by atoms with Gasteiger partial charge in [0.15, 0.2) is 5.13 Å². The second-order valence-electron chi connectivity index (χ2n) is 2.68. The van der Waals surface area contributed by atoms with Gasteiger partial charge in [0.25, 0.3) is 0 Å². The molecule has 1 rings (SSSR count). The Bertz CT molecular complexity index is 285. The predicted octanol–water partition coefficient (Wildman–Crippen LogP) is 1.000. The van der Waals surface area contributed by atoms with Gasteiger partial charge in [-0.1, -0.05) is 0 Å². The number of amides is 1. The molecule has 2 N–H and O–H groups in total. The summed E-state index contributed by atoms with van der Waals surface area (Å²) in [5.74, 6) is 0.00343. The molecule has 0 atom stereocenters. The van der Waals surface area contributed by atoms with Gasteiger partial charge in [-0.2, -0.15) is 0 Å². The first kappa shape index (κ1) is 10.1. The number of carbonyl (C=O) groups is 1. The molecule has 4 nitrogen and oxygen atoms in total. The van der Waals surface area contributed by atoms with Gasteiger partial charge in [-0.05, 0) is 14.0 Å². The Balaban J connectivity index is 2.36. The molecule has 1 aromatic heterocycles. The van der Waals surface area contributed by atoms with Crippen molar-refractivity contribution in [3.8, 4) is 0 Å². The van der Waals surface area contributed by atoms with E-state index in [0.29, 0.717) is 18.1 Å². The van der Waals surface area contributed by atoms with Gasteiger partial charge in [-0.3, -0.25) is 4.79 Å². The Hall–Kier alpha value is -0.940. The molecule has 0 spiro atoms. The van der Waals surface area contributed by atoms with Crippen LogP contribution in [-0.2, 0) is 4.79 Å². The summed E-state index contributed by atoms with van der Waals surface area (Å²) in [5, 5.41) is 6.32. The number of hydrogen-bond acceptors (Lipinski definition) is 4. The lowest BCUT2D eigenvalue weighted by Crippen LogP contribution is -2.18. The van der Waals surface area contributed by atoms with Gasteiger partial charge in [0.2, 0.25) is 5.91 Å². The fourth-order valence-corrected chi connectivity index (χ4v) is 1.51. The molecular formula is C8H13N3OS. The second-order valence-corrected chi connectivity index (χ2v) is 3.91. The van der Waals surface area contributed by atoms with Gasteiger partial charge in [0.05, 0.1) is 0 Å². The molecule has 1 amide bonds. The highest BCUT2D eigenvalue weighted by molar-refractivity contribution is 7.15. The third-order valence-electron chi connectivity index (χ3n) is 1.47. The normalized spacial score (nSPS) is 10.0. The zero-order valence-electron chi connectivity index (χ0n) is 7.76. The number of aryl methyl sites for hydroxylation is 1. The molecule has 13 heavy (non-hydrogen) atoms. The maximum atomic E-state index is 11.2. The average Bonchev–Trinajstić information content (AvgIpc) is 2.48. The largest absolute Gasteiger partial charge is 0.319 e. The molecule has 0 unspecified atom stereocenters. The van der Waals surface area contributed by atoms with Crippen molar-refractivity contribution < 1.29 is 4.79 Å². The van der Waals surface area contributed by atoms with Crippen LogP contribution in [-0.4, -0.2) is 24.5 Å². The van der Waals surface area contributed by atoms with E-state index in [1.165, 1.54) is 11.3 Å². The Morgan fingerprint density at radius 2 is 2.46 bits per heavy atom. The third-order valence-corrected chi connectivity index (χ3v) is 2.30. The van der Waals surface area contributed by atoms with Gasteiger partial charge in [-0.25, -0.2) is 4.98 Å². The SMILES string of the molecule is CNCCC(=O)Nc1ncc(C)s1. The van der Waals surface area contributed by atoms with Crippen molar-refractivity contribution in [2.75, 3.05) is 18.9 Å². The molecule has 0 fully saturated rings. The van der Waals surface area contributed by atoms with Gasteiger partial charge in [0, 0.05) is 24.0 Å². The van der Waals surface area contributed by atoms with Crippen molar-refractivity contribution in [2.45, 2.75) is 13.3 Å². The summed E-state index contributed by atoms with van der Waals surface area (Å²) >= 11 is 1.49. The smallest absolute Gasteiger partial charge is 0.227 e. The van der Waals surface area contributed by atoms with Crippen molar-refractivity contribution in [1.82, 2.24) is 10.3 Å². The molecule has 5 heteroatoms. The Morgan fingerprint density at radius 1 is 1.69 bits per heavy atom. The lowest BCUT2D eigenvalue weighted by molar-refractivity contribution is -0.116. The zero-order valence-corrected chi connectivity index (χ0v) is 8.57. The average molecular weight is 199 g/mol. The highest BCUT2D eigenvalue weighted by Gasteiger charge is 2.03. The summed E-state index contributed by atoms with van der Waals surface area (Å²) in [5.41, 5.74) is 0. The van der Waals surface area contributed by atoms with Gasteiger partial charge >= 0.3 is 0 Å². The number of anilines is 1. The van der Waals surface area contributed by atoms with Crippen molar-refractivity contribution in [1.29, 1.82) is 0 Å². The Kier molecular flexibility index (Phi) is 3.85. The number of nitrogens with zero attached hydrogens (tertiary/aromatic N) is 1. The maximum absolute atomic E-state index is 11.2. The molecule has 0 radical (unpaired) electrons. The molecule has 0 saturated heterocycles. The second kappa shape index (κ2) is 4.94. The van der Waals surface area contributed by atoms with Crippen LogP contribution in [0.15, 0.2) is 6.20 Å². The molecule has 1 aromatic rings. The molecule has 0 aliphatic carbocycles. The van der Waals surface area contributed by atoms with Gasteiger partial charge in [0.1, 0.15) is 0 Å². The number of hydrogen-bond donors (Lipinski definition) is 2. The molecule has 0 bridgehead atoms. The fourth-order valence-electron chi connectivity index (χ4n) is 0.833. The summed E-state index contributed by atoms with van der Waals surface area (Å²) in [6, 6.07) is 0. The minimum atomic E-state index is 0.00343. The van der Waals surface area contributed by atoms with E-state index in [1.54, 1.807) is 6.20 Å². The molecule has 0 saturated carbocycles. The number of rotatable bonds is 4. The van der Waals surface area contributed by atoms with Gasteiger partial charge in [-0.15, -0.1) is 11.3 Å². The predicted molar refractivity (Wildman–Crippen MR) is 54.0 cm³/mol. The van der Waals surface area contributed by atoms with E-state index in [9.17, 15) is 4.79 Å². The molecule has 0 aromatic carbocycles. The lowest BCUT2D eigenvalue weighted by Gasteiger charge is -1.99. The zero-order chi connectivity index (χ0) is 9.68. The van der Waals surface area contributed by atoms with E-state index >= 15 is 0 Å². The monoisotopic (exact) mass is 199 g/mol. The number of carbonyl (C=O) groups excluding carboxylic acids is 1. The molecular weight excluding hydrogens is 186 g/mol. The topological polar surface area (TPSA) is 54.0 Å². The van der Waals surface area contributed by atoms with Crippen LogP contribution in [0.25, 0.3) is 0 Å². The van der Waals surface area contributed by atoms with Crippen LogP contribution >= 0.6 is 11.3 Å². The van der Waals surface area contributed by atoms with Gasteiger partial charge < -0.3 is 10.6 Å². The molecule has 0 aliphatic rings. The van der Waals surface area contributed by atoms with Crippen molar-refractivity contribution in [3.63, 3.8) is 0 Å². The highest BCUT2D eigenvalue weighted by atomic mass is 32.1. The van der Waals surface area contributed by atoms with Crippen LogP contribution in [0.4, 0.5) is 5.13 Å². The fraction of sp³-hybridized carbons (Fsp3) is 0.500. The van der Waals surface area contributed by atoms with Crippen LogP contribution in [0.2, 0.25) is 0 Å². The summed E-state index contributed by atoms with van der Waals surface area (Å²) in [6.07, 6.45) is 2.23. The van der Waals surface area contributed by atoms with Crippen molar-refractivity contribution in [2.24, 2.45) is 0 Å². The Morgan fingerprint density at radius 3 is 3.00 bits per heavy atom. The van der Waals surface area contributed by atoms with Crippen LogP contribution in [0.1, 0.15) is 11.3 Å². The summed E-state index contributed by atoms with van der Waals surface area (Å²) in [7, 11) is 1.82. The summed E-state index contributed by atoms with van der Waals surface area (Å²) in [4.78, 5) is 16.3. The van der Waals surface area contributed by atoms with Crippen LogP contribution in [0, 0.1) is 6.92 Å². The maximum Gasteiger partial charge on any atom is 0.227 e. The van der Waals surface area contributed by atoms with Crippen LogP contribution < -0.4 is 10.6 Å².